The first-order valence-electron chi connectivity index (χ1n) is 6.97. The summed E-state index contributed by atoms with van der Waals surface area (Å²) in [4.78, 5) is 4.41. The van der Waals surface area contributed by atoms with E-state index in [1.54, 1.807) is 6.92 Å². The van der Waals surface area contributed by atoms with Crippen LogP contribution in [0.3, 0.4) is 0 Å². The number of rotatable bonds is 4. The molecule has 0 bridgehead atoms. The monoisotopic (exact) mass is 307 g/mol. The van der Waals surface area contributed by atoms with Gasteiger partial charge >= 0.3 is 0 Å². The van der Waals surface area contributed by atoms with E-state index in [4.69, 9.17) is 4.52 Å². The molecule has 2 heterocycles. The van der Waals surface area contributed by atoms with Gasteiger partial charge in [0.1, 0.15) is 0 Å². The van der Waals surface area contributed by atoms with E-state index in [1.165, 1.54) is 4.31 Å². The van der Waals surface area contributed by atoms with Crippen molar-refractivity contribution in [2.75, 3.05) is 18.8 Å². The van der Waals surface area contributed by atoms with Gasteiger partial charge in [0.15, 0.2) is 0 Å². The van der Waals surface area contributed by atoms with Gasteiger partial charge in [-0.3, -0.25) is 0 Å². The molecule has 6 nitrogen and oxygen atoms in total. The van der Waals surface area contributed by atoms with E-state index in [0.717, 1.165) is 12.0 Å². The zero-order valence-corrected chi connectivity index (χ0v) is 12.6. The highest BCUT2D eigenvalue weighted by molar-refractivity contribution is 7.89. The fraction of sp³-hybridized carbons (Fsp3) is 0.429. The molecule has 1 aliphatic rings. The Labute approximate surface area is 123 Å². The van der Waals surface area contributed by atoms with Crippen LogP contribution in [-0.2, 0) is 10.0 Å². The number of benzene rings is 1. The van der Waals surface area contributed by atoms with E-state index < -0.39 is 10.0 Å². The largest absolute Gasteiger partial charge is 0.339 e. The van der Waals surface area contributed by atoms with Crippen molar-refractivity contribution in [3.63, 3.8) is 0 Å². The summed E-state index contributed by atoms with van der Waals surface area (Å²) in [6.45, 7) is 2.60. The second-order valence-electron chi connectivity index (χ2n) is 5.07. The summed E-state index contributed by atoms with van der Waals surface area (Å²) in [6.07, 6.45) is 0.718. The van der Waals surface area contributed by atoms with Crippen molar-refractivity contribution in [2.24, 2.45) is 0 Å². The number of nitrogens with zero attached hydrogens (tertiary/aromatic N) is 3. The third-order valence-corrected chi connectivity index (χ3v) is 5.58. The number of hydrogen-bond acceptors (Lipinski definition) is 5. The van der Waals surface area contributed by atoms with Gasteiger partial charge in [0, 0.05) is 18.7 Å². The molecule has 3 rings (SSSR count). The van der Waals surface area contributed by atoms with Gasteiger partial charge in [0.05, 0.1) is 11.7 Å². The Hall–Kier alpha value is -1.73. The van der Waals surface area contributed by atoms with Crippen LogP contribution in [0.5, 0.6) is 0 Å². The normalized spacial score (nSPS) is 20.0. The lowest BCUT2D eigenvalue weighted by Crippen LogP contribution is -2.29. The van der Waals surface area contributed by atoms with Crippen molar-refractivity contribution in [3.8, 4) is 11.4 Å². The second-order valence-corrected chi connectivity index (χ2v) is 7.32. The van der Waals surface area contributed by atoms with E-state index in [1.807, 2.05) is 30.3 Å². The van der Waals surface area contributed by atoms with Crippen molar-refractivity contribution in [3.05, 3.63) is 36.2 Å². The molecule has 1 unspecified atom stereocenters. The smallest absolute Gasteiger partial charge is 0.231 e. The Kier molecular flexibility index (Phi) is 3.77. The summed E-state index contributed by atoms with van der Waals surface area (Å²) in [7, 11) is -3.14. The summed E-state index contributed by atoms with van der Waals surface area (Å²) >= 11 is 0. The van der Waals surface area contributed by atoms with Crippen LogP contribution in [0.4, 0.5) is 0 Å². The second kappa shape index (κ2) is 5.57. The molecular weight excluding hydrogens is 290 g/mol. The Balaban J connectivity index is 1.77. The first-order chi connectivity index (χ1) is 10.1. The molecule has 1 aromatic carbocycles. The van der Waals surface area contributed by atoms with Crippen molar-refractivity contribution in [1.82, 2.24) is 14.4 Å². The average molecular weight is 307 g/mol. The minimum atomic E-state index is -3.14. The van der Waals surface area contributed by atoms with E-state index in [-0.39, 0.29) is 11.7 Å². The zero-order valence-electron chi connectivity index (χ0n) is 11.8. The average Bonchev–Trinajstić information content (AvgIpc) is 3.17. The lowest BCUT2D eigenvalue weighted by molar-refractivity contribution is 0.354. The number of hydrogen-bond donors (Lipinski definition) is 0. The SMILES string of the molecule is CCS(=O)(=O)N1CCC(c2nc(-c3ccccc3)no2)C1. The molecule has 2 aromatic rings. The first-order valence-corrected chi connectivity index (χ1v) is 8.58. The van der Waals surface area contributed by atoms with Crippen LogP contribution in [0, 0.1) is 0 Å². The molecule has 0 radical (unpaired) electrons. The van der Waals surface area contributed by atoms with E-state index in [2.05, 4.69) is 10.1 Å². The van der Waals surface area contributed by atoms with E-state index >= 15 is 0 Å². The van der Waals surface area contributed by atoms with Gasteiger partial charge < -0.3 is 4.52 Å². The standard InChI is InChI=1S/C14H17N3O3S/c1-2-21(18,19)17-9-8-12(10-17)14-15-13(16-20-14)11-6-4-3-5-7-11/h3-7,12H,2,8-10H2,1H3. The molecule has 7 heteroatoms. The van der Waals surface area contributed by atoms with Crippen LogP contribution >= 0.6 is 0 Å². The molecule has 0 amide bonds. The van der Waals surface area contributed by atoms with Gasteiger partial charge in [-0.2, -0.15) is 4.98 Å². The summed E-state index contributed by atoms with van der Waals surface area (Å²) in [6, 6.07) is 9.58. The Morgan fingerprint density at radius 1 is 1.33 bits per heavy atom. The van der Waals surface area contributed by atoms with Crippen LogP contribution in [-0.4, -0.2) is 41.7 Å². The highest BCUT2D eigenvalue weighted by Crippen LogP contribution is 2.29. The third-order valence-electron chi connectivity index (χ3n) is 3.73. The van der Waals surface area contributed by atoms with Gasteiger partial charge in [-0.1, -0.05) is 35.5 Å². The highest BCUT2D eigenvalue weighted by Gasteiger charge is 2.34. The van der Waals surface area contributed by atoms with Crippen LogP contribution < -0.4 is 0 Å². The maximum atomic E-state index is 11.9. The Bertz CT molecular complexity index is 712. The van der Waals surface area contributed by atoms with E-state index in [9.17, 15) is 8.42 Å². The molecule has 0 saturated carbocycles. The Morgan fingerprint density at radius 2 is 2.10 bits per heavy atom. The van der Waals surface area contributed by atoms with Crippen molar-refractivity contribution in [2.45, 2.75) is 19.3 Å². The topological polar surface area (TPSA) is 76.3 Å². The van der Waals surface area contributed by atoms with Gasteiger partial charge in [-0.25, -0.2) is 12.7 Å². The summed E-state index contributed by atoms with van der Waals surface area (Å²) in [5.74, 6) is 1.17. The Morgan fingerprint density at radius 3 is 2.81 bits per heavy atom. The van der Waals surface area contributed by atoms with Crippen LogP contribution in [0.1, 0.15) is 25.2 Å². The molecule has 0 spiro atoms. The molecule has 1 fully saturated rings. The lowest BCUT2D eigenvalue weighted by Gasteiger charge is -2.13. The minimum absolute atomic E-state index is 0.0173. The van der Waals surface area contributed by atoms with Crippen LogP contribution in [0.25, 0.3) is 11.4 Å². The lowest BCUT2D eigenvalue weighted by atomic mass is 10.1. The zero-order chi connectivity index (χ0) is 14.9. The molecule has 1 saturated heterocycles. The van der Waals surface area contributed by atoms with Crippen LogP contribution in [0.15, 0.2) is 34.9 Å². The third kappa shape index (κ3) is 2.84. The van der Waals surface area contributed by atoms with Gasteiger partial charge in [-0.15, -0.1) is 0 Å². The van der Waals surface area contributed by atoms with Gasteiger partial charge in [0.25, 0.3) is 0 Å². The highest BCUT2D eigenvalue weighted by atomic mass is 32.2. The van der Waals surface area contributed by atoms with E-state index in [0.29, 0.717) is 24.8 Å². The van der Waals surface area contributed by atoms with Gasteiger partial charge in [-0.05, 0) is 13.3 Å². The predicted molar refractivity (Wildman–Crippen MR) is 78.1 cm³/mol. The quantitative estimate of drug-likeness (QED) is 0.862. The van der Waals surface area contributed by atoms with Crippen LogP contribution in [0.2, 0.25) is 0 Å². The minimum Gasteiger partial charge on any atom is -0.339 e. The molecular formula is C14H17N3O3S. The van der Waals surface area contributed by atoms with Crippen molar-refractivity contribution in [1.29, 1.82) is 0 Å². The van der Waals surface area contributed by atoms with Crippen molar-refractivity contribution >= 4 is 10.0 Å². The summed E-state index contributed by atoms with van der Waals surface area (Å²) in [5.41, 5.74) is 0.892. The molecule has 112 valence electrons. The molecule has 0 N–H and O–H groups in total. The van der Waals surface area contributed by atoms with Crippen molar-refractivity contribution < 1.29 is 12.9 Å². The molecule has 21 heavy (non-hydrogen) atoms. The molecule has 0 aliphatic carbocycles. The maximum absolute atomic E-state index is 11.9. The first kappa shape index (κ1) is 14.2. The molecule has 1 atom stereocenters. The predicted octanol–water partition coefficient (Wildman–Crippen LogP) is 1.88. The summed E-state index contributed by atoms with van der Waals surface area (Å²) < 4.78 is 30.5. The van der Waals surface area contributed by atoms with Gasteiger partial charge in [0.2, 0.25) is 21.7 Å². The summed E-state index contributed by atoms with van der Waals surface area (Å²) in [5, 5.41) is 3.98. The molecule has 1 aromatic heterocycles. The fourth-order valence-corrected chi connectivity index (χ4v) is 3.63. The number of sulfonamides is 1. The maximum Gasteiger partial charge on any atom is 0.231 e. The number of aromatic nitrogens is 2. The fourth-order valence-electron chi connectivity index (χ4n) is 2.47. The molecule has 1 aliphatic heterocycles.